The van der Waals surface area contributed by atoms with Gasteiger partial charge in [-0.05, 0) is 23.6 Å². The number of hydrogen-bond acceptors (Lipinski definition) is 2. The number of fused-ring (bicyclic) bond motifs is 1. The summed E-state index contributed by atoms with van der Waals surface area (Å²) in [4.78, 5) is 3.12. The molecule has 0 aliphatic heterocycles. The van der Waals surface area contributed by atoms with Crippen molar-refractivity contribution in [1.82, 2.24) is 4.98 Å². The molecule has 1 N–H and O–H groups in total. The molecule has 13 heavy (non-hydrogen) atoms. The van der Waals surface area contributed by atoms with E-state index >= 15 is 0 Å². The van der Waals surface area contributed by atoms with Crippen LogP contribution in [0.25, 0.3) is 10.9 Å². The van der Waals surface area contributed by atoms with Gasteiger partial charge in [0.15, 0.2) is 6.79 Å². The monoisotopic (exact) mass is 177 g/mol. The molecule has 1 heterocycles. The van der Waals surface area contributed by atoms with Gasteiger partial charge in [-0.3, -0.25) is 0 Å². The van der Waals surface area contributed by atoms with Crippen LogP contribution in [0.4, 0.5) is 0 Å². The molecule has 3 heteroatoms. The van der Waals surface area contributed by atoms with E-state index in [1.54, 1.807) is 7.11 Å². The fourth-order valence-corrected chi connectivity index (χ4v) is 1.24. The van der Waals surface area contributed by atoms with Crippen LogP contribution in [0.15, 0.2) is 30.5 Å². The van der Waals surface area contributed by atoms with Crippen molar-refractivity contribution in [3.63, 3.8) is 0 Å². The molecule has 3 nitrogen and oxygen atoms in total. The first-order valence-corrected chi connectivity index (χ1v) is 4.09. The van der Waals surface area contributed by atoms with E-state index in [4.69, 9.17) is 9.47 Å². The van der Waals surface area contributed by atoms with Gasteiger partial charge in [-0.2, -0.15) is 0 Å². The molecule has 1 aromatic heterocycles. The Kier molecular flexibility index (Phi) is 2.19. The Balaban J connectivity index is 2.26. The highest BCUT2D eigenvalue weighted by atomic mass is 16.7. The number of rotatable bonds is 3. The lowest BCUT2D eigenvalue weighted by molar-refractivity contribution is 0.0512. The van der Waals surface area contributed by atoms with Gasteiger partial charge >= 0.3 is 0 Å². The maximum Gasteiger partial charge on any atom is 0.188 e. The predicted molar refractivity (Wildman–Crippen MR) is 50.8 cm³/mol. The minimum absolute atomic E-state index is 0.284. The largest absolute Gasteiger partial charge is 0.467 e. The summed E-state index contributed by atoms with van der Waals surface area (Å²) in [7, 11) is 1.60. The molecule has 0 atom stereocenters. The summed E-state index contributed by atoms with van der Waals surface area (Å²) >= 11 is 0. The van der Waals surface area contributed by atoms with Crippen LogP contribution in [0.5, 0.6) is 5.75 Å². The maximum atomic E-state index is 5.29. The van der Waals surface area contributed by atoms with Gasteiger partial charge in [0.1, 0.15) is 5.75 Å². The van der Waals surface area contributed by atoms with E-state index in [1.807, 2.05) is 30.5 Å². The second-order valence-corrected chi connectivity index (χ2v) is 2.78. The zero-order valence-corrected chi connectivity index (χ0v) is 7.41. The zero-order valence-electron chi connectivity index (χ0n) is 7.41. The van der Waals surface area contributed by atoms with Crippen LogP contribution in [0.3, 0.4) is 0 Å². The molecule has 0 amide bonds. The van der Waals surface area contributed by atoms with E-state index in [2.05, 4.69) is 4.98 Å². The summed E-state index contributed by atoms with van der Waals surface area (Å²) in [6, 6.07) is 7.91. The van der Waals surface area contributed by atoms with E-state index in [-0.39, 0.29) is 6.79 Å². The number of aromatic nitrogens is 1. The summed E-state index contributed by atoms with van der Waals surface area (Å²) in [6.07, 6.45) is 1.91. The average molecular weight is 177 g/mol. The lowest BCUT2D eigenvalue weighted by atomic mass is 10.2. The topological polar surface area (TPSA) is 34.2 Å². The molecular formula is C10H11NO2. The molecule has 0 saturated heterocycles. The molecule has 1 aromatic carbocycles. The number of methoxy groups -OCH3 is 1. The molecule has 0 unspecified atom stereocenters. The minimum atomic E-state index is 0.284. The van der Waals surface area contributed by atoms with Crippen LogP contribution >= 0.6 is 0 Å². The highest BCUT2D eigenvalue weighted by Gasteiger charge is 1.96. The highest BCUT2D eigenvalue weighted by molar-refractivity contribution is 5.80. The van der Waals surface area contributed by atoms with Gasteiger partial charge in [-0.25, -0.2) is 0 Å². The zero-order chi connectivity index (χ0) is 9.10. The number of ether oxygens (including phenoxy) is 2. The number of benzene rings is 1. The van der Waals surface area contributed by atoms with Crippen molar-refractivity contribution in [2.24, 2.45) is 0 Å². The van der Waals surface area contributed by atoms with Gasteiger partial charge < -0.3 is 14.5 Å². The van der Waals surface area contributed by atoms with Crippen LogP contribution in [-0.4, -0.2) is 18.9 Å². The van der Waals surface area contributed by atoms with Crippen molar-refractivity contribution in [3.8, 4) is 5.75 Å². The van der Waals surface area contributed by atoms with Gasteiger partial charge in [-0.15, -0.1) is 0 Å². The Morgan fingerprint density at radius 2 is 2.23 bits per heavy atom. The smallest absolute Gasteiger partial charge is 0.188 e. The molecule has 0 fully saturated rings. The lowest BCUT2D eigenvalue weighted by Crippen LogP contribution is -1.98. The van der Waals surface area contributed by atoms with Crippen LogP contribution < -0.4 is 4.74 Å². The number of aromatic amines is 1. The fraction of sp³-hybridized carbons (Fsp3) is 0.200. The SMILES string of the molecule is COCOc1ccc2cc[nH]c2c1. The Morgan fingerprint density at radius 1 is 1.31 bits per heavy atom. The molecule has 68 valence electrons. The predicted octanol–water partition coefficient (Wildman–Crippen LogP) is 2.15. The van der Waals surface area contributed by atoms with Crippen molar-refractivity contribution >= 4 is 10.9 Å². The summed E-state index contributed by atoms with van der Waals surface area (Å²) < 4.78 is 10.1. The third-order valence-corrected chi connectivity index (χ3v) is 1.87. The standard InChI is InChI=1S/C10H11NO2/c1-12-7-13-9-3-2-8-4-5-11-10(8)6-9/h2-6,11H,7H2,1H3. The second-order valence-electron chi connectivity index (χ2n) is 2.78. The van der Waals surface area contributed by atoms with Crippen molar-refractivity contribution in [3.05, 3.63) is 30.5 Å². The second kappa shape index (κ2) is 3.49. The van der Waals surface area contributed by atoms with E-state index < -0.39 is 0 Å². The summed E-state index contributed by atoms with van der Waals surface area (Å²) in [5.41, 5.74) is 1.08. The minimum Gasteiger partial charge on any atom is -0.467 e. The van der Waals surface area contributed by atoms with Crippen LogP contribution in [0.1, 0.15) is 0 Å². The van der Waals surface area contributed by atoms with Gasteiger partial charge in [0.25, 0.3) is 0 Å². The van der Waals surface area contributed by atoms with Gasteiger partial charge in [0, 0.05) is 24.9 Å². The molecule has 0 radical (unpaired) electrons. The third kappa shape index (κ3) is 1.65. The first-order chi connectivity index (χ1) is 6.40. The molecule has 0 aliphatic rings. The first-order valence-electron chi connectivity index (χ1n) is 4.09. The van der Waals surface area contributed by atoms with E-state index in [0.29, 0.717) is 0 Å². The van der Waals surface area contributed by atoms with Crippen molar-refractivity contribution in [2.45, 2.75) is 0 Å². The molecule has 2 rings (SSSR count). The first kappa shape index (κ1) is 8.13. The van der Waals surface area contributed by atoms with Crippen molar-refractivity contribution < 1.29 is 9.47 Å². The molecule has 0 saturated carbocycles. The summed E-state index contributed by atoms with van der Waals surface area (Å²) in [5, 5.41) is 1.18. The normalized spacial score (nSPS) is 10.5. The Labute approximate surface area is 76.3 Å². The van der Waals surface area contributed by atoms with Crippen LogP contribution in [-0.2, 0) is 4.74 Å². The average Bonchev–Trinajstić information content (AvgIpc) is 2.61. The molecule has 0 aliphatic carbocycles. The third-order valence-electron chi connectivity index (χ3n) is 1.87. The lowest BCUT2D eigenvalue weighted by Gasteiger charge is -2.03. The Bertz CT molecular complexity index is 394. The van der Waals surface area contributed by atoms with E-state index in [9.17, 15) is 0 Å². The summed E-state index contributed by atoms with van der Waals surface area (Å²) in [6.45, 7) is 0.284. The molecule has 0 spiro atoms. The Hall–Kier alpha value is -1.48. The quantitative estimate of drug-likeness (QED) is 0.729. The van der Waals surface area contributed by atoms with E-state index in [1.165, 1.54) is 5.39 Å². The maximum absolute atomic E-state index is 5.29. The van der Waals surface area contributed by atoms with Gasteiger partial charge in [-0.1, -0.05) is 0 Å². The van der Waals surface area contributed by atoms with Gasteiger partial charge in [0.2, 0.25) is 0 Å². The molecular weight excluding hydrogens is 166 g/mol. The van der Waals surface area contributed by atoms with Crippen molar-refractivity contribution in [2.75, 3.05) is 13.9 Å². The fourth-order valence-electron chi connectivity index (χ4n) is 1.24. The molecule has 0 bridgehead atoms. The number of nitrogens with one attached hydrogen (secondary N) is 1. The van der Waals surface area contributed by atoms with Crippen LogP contribution in [0, 0.1) is 0 Å². The van der Waals surface area contributed by atoms with Gasteiger partial charge in [0.05, 0.1) is 0 Å². The van der Waals surface area contributed by atoms with Crippen molar-refractivity contribution in [1.29, 1.82) is 0 Å². The Morgan fingerprint density at radius 3 is 3.08 bits per heavy atom. The number of hydrogen-bond donors (Lipinski definition) is 1. The number of H-pyrrole nitrogens is 1. The summed E-state index contributed by atoms with van der Waals surface area (Å²) in [5.74, 6) is 0.816. The highest BCUT2D eigenvalue weighted by Crippen LogP contribution is 2.19. The van der Waals surface area contributed by atoms with E-state index in [0.717, 1.165) is 11.3 Å². The molecule has 2 aromatic rings. The van der Waals surface area contributed by atoms with Crippen LogP contribution in [0.2, 0.25) is 0 Å².